The van der Waals surface area contributed by atoms with Gasteiger partial charge in [0.1, 0.15) is 5.82 Å². The van der Waals surface area contributed by atoms with Crippen molar-refractivity contribution in [1.82, 2.24) is 14.5 Å². The number of benzene rings is 1. The van der Waals surface area contributed by atoms with E-state index >= 15 is 0 Å². The second-order valence-corrected chi connectivity index (χ2v) is 7.98. The lowest BCUT2D eigenvalue weighted by Crippen LogP contribution is -2.39. The molecule has 0 spiro atoms. The molecule has 1 aromatic carbocycles. The molecular formula is C20H29N3O. The third-order valence-electron chi connectivity index (χ3n) is 6.52. The van der Waals surface area contributed by atoms with Gasteiger partial charge in [0.25, 0.3) is 0 Å². The third kappa shape index (κ3) is 2.23. The fraction of sp³-hybridized carbons (Fsp3) is 0.650. The Hall–Kier alpha value is -1.39. The molecule has 1 aromatic heterocycles. The number of para-hydroxylation sites is 2. The third-order valence-corrected chi connectivity index (χ3v) is 6.52. The van der Waals surface area contributed by atoms with E-state index in [1.54, 1.807) is 0 Å². The molecular weight excluding hydrogens is 298 g/mol. The van der Waals surface area contributed by atoms with Crippen molar-refractivity contribution < 1.29 is 5.11 Å². The van der Waals surface area contributed by atoms with Gasteiger partial charge in [-0.2, -0.15) is 0 Å². The highest BCUT2D eigenvalue weighted by atomic mass is 16.3. The van der Waals surface area contributed by atoms with E-state index in [1.807, 2.05) is 0 Å². The Morgan fingerprint density at radius 3 is 2.75 bits per heavy atom. The normalized spacial score (nSPS) is 30.0. The topological polar surface area (TPSA) is 41.3 Å². The smallest absolute Gasteiger partial charge is 0.124 e. The highest BCUT2D eigenvalue weighted by Crippen LogP contribution is 2.51. The Balaban J connectivity index is 1.69. The molecule has 0 radical (unpaired) electrons. The van der Waals surface area contributed by atoms with Crippen LogP contribution in [0.4, 0.5) is 0 Å². The average Bonchev–Trinajstić information content (AvgIpc) is 3.24. The van der Waals surface area contributed by atoms with Gasteiger partial charge in [-0.25, -0.2) is 4.98 Å². The van der Waals surface area contributed by atoms with Crippen molar-refractivity contribution in [2.24, 2.45) is 5.41 Å². The summed E-state index contributed by atoms with van der Waals surface area (Å²) in [6.07, 6.45) is 4.71. The summed E-state index contributed by atoms with van der Waals surface area (Å²) in [5.41, 5.74) is 2.44. The Morgan fingerprint density at radius 1 is 1.29 bits per heavy atom. The molecule has 3 heterocycles. The van der Waals surface area contributed by atoms with Gasteiger partial charge in [0.2, 0.25) is 0 Å². The molecule has 2 aromatic rings. The molecule has 1 N–H and O–H groups in total. The van der Waals surface area contributed by atoms with Gasteiger partial charge in [0, 0.05) is 23.5 Å². The van der Waals surface area contributed by atoms with E-state index in [1.165, 1.54) is 24.2 Å². The van der Waals surface area contributed by atoms with Crippen LogP contribution >= 0.6 is 0 Å². The van der Waals surface area contributed by atoms with E-state index in [0.717, 1.165) is 24.9 Å². The van der Waals surface area contributed by atoms with E-state index in [0.29, 0.717) is 24.7 Å². The van der Waals surface area contributed by atoms with Gasteiger partial charge >= 0.3 is 0 Å². The van der Waals surface area contributed by atoms with Gasteiger partial charge in [0.05, 0.1) is 24.2 Å². The second kappa shape index (κ2) is 5.85. The highest BCUT2D eigenvalue weighted by Gasteiger charge is 2.54. The number of hydrogen-bond donors (Lipinski definition) is 1. The zero-order chi connectivity index (χ0) is 16.9. The van der Waals surface area contributed by atoms with Crippen LogP contribution in [0, 0.1) is 5.41 Å². The van der Waals surface area contributed by atoms with Crippen LogP contribution in [0.1, 0.15) is 58.3 Å². The number of imidazole rings is 1. The number of fused-ring (bicyclic) bond motifs is 3. The van der Waals surface area contributed by atoms with Gasteiger partial charge in [-0.3, -0.25) is 4.90 Å². The SMILES string of the molecule is CC[C@@]1(CO)C[C@@H]2CC[C@H]1N2Cc1nc2ccccc2n1C(C)C. The molecule has 2 saturated heterocycles. The fourth-order valence-corrected chi connectivity index (χ4v) is 5.27. The van der Waals surface area contributed by atoms with Crippen molar-refractivity contribution in [3.63, 3.8) is 0 Å². The standard InChI is InChI=1S/C20H29N3O/c1-4-20(13-24)11-15-9-10-18(20)22(15)12-19-21-16-7-5-6-8-17(16)23(19)14(2)3/h5-8,14-15,18,24H,4,9-13H2,1-3H3/t15-,18+,20-/m0/s1. The Labute approximate surface area is 144 Å². The molecule has 0 amide bonds. The maximum atomic E-state index is 10.0. The van der Waals surface area contributed by atoms with E-state index in [9.17, 15) is 5.11 Å². The molecule has 2 bridgehead atoms. The molecule has 4 heteroatoms. The minimum atomic E-state index is 0.109. The summed E-state index contributed by atoms with van der Waals surface area (Å²) in [4.78, 5) is 7.59. The van der Waals surface area contributed by atoms with Gasteiger partial charge in [0.15, 0.2) is 0 Å². The van der Waals surface area contributed by atoms with E-state index in [2.05, 4.69) is 54.5 Å². The van der Waals surface area contributed by atoms with E-state index in [4.69, 9.17) is 4.98 Å². The van der Waals surface area contributed by atoms with Crippen LogP contribution in [0.3, 0.4) is 0 Å². The summed E-state index contributed by atoms with van der Waals surface area (Å²) < 4.78 is 2.39. The van der Waals surface area contributed by atoms with Crippen molar-refractivity contribution in [2.45, 2.75) is 71.1 Å². The average molecular weight is 327 g/mol. The van der Waals surface area contributed by atoms with Crippen LogP contribution in [0.2, 0.25) is 0 Å². The maximum absolute atomic E-state index is 10.0. The Morgan fingerprint density at radius 2 is 2.08 bits per heavy atom. The molecule has 2 aliphatic rings. The summed E-state index contributed by atoms with van der Waals surface area (Å²) in [5, 5.41) is 10.0. The van der Waals surface area contributed by atoms with Crippen LogP contribution < -0.4 is 0 Å². The van der Waals surface area contributed by atoms with Crippen molar-refractivity contribution in [1.29, 1.82) is 0 Å². The first-order valence-corrected chi connectivity index (χ1v) is 9.42. The molecule has 2 aliphatic heterocycles. The highest BCUT2D eigenvalue weighted by molar-refractivity contribution is 5.76. The summed E-state index contributed by atoms with van der Waals surface area (Å²) in [6.45, 7) is 7.94. The van der Waals surface area contributed by atoms with Crippen molar-refractivity contribution in [3.05, 3.63) is 30.1 Å². The Bertz CT molecular complexity index is 732. The van der Waals surface area contributed by atoms with Gasteiger partial charge in [-0.05, 0) is 51.7 Å². The summed E-state index contributed by atoms with van der Waals surface area (Å²) in [5.74, 6) is 1.17. The molecule has 24 heavy (non-hydrogen) atoms. The number of aliphatic hydroxyl groups is 1. The van der Waals surface area contributed by atoms with Gasteiger partial charge in [-0.15, -0.1) is 0 Å². The van der Waals surface area contributed by atoms with Crippen molar-refractivity contribution >= 4 is 11.0 Å². The number of nitrogens with zero attached hydrogens (tertiary/aromatic N) is 3. The van der Waals surface area contributed by atoms with Crippen LogP contribution in [0.25, 0.3) is 11.0 Å². The van der Waals surface area contributed by atoms with Crippen molar-refractivity contribution in [3.8, 4) is 0 Å². The van der Waals surface area contributed by atoms with Crippen LogP contribution in [0.15, 0.2) is 24.3 Å². The number of aliphatic hydroxyl groups excluding tert-OH is 1. The predicted octanol–water partition coefficient (Wildman–Crippen LogP) is 3.74. The summed E-state index contributed by atoms with van der Waals surface area (Å²) in [6, 6.07) is 9.98. The predicted molar refractivity (Wildman–Crippen MR) is 96.9 cm³/mol. The zero-order valence-corrected chi connectivity index (χ0v) is 15.1. The van der Waals surface area contributed by atoms with E-state index < -0.39 is 0 Å². The largest absolute Gasteiger partial charge is 0.396 e. The second-order valence-electron chi connectivity index (χ2n) is 7.98. The molecule has 0 aliphatic carbocycles. The minimum Gasteiger partial charge on any atom is -0.396 e. The van der Waals surface area contributed by atoms with Crippen LogP contribution in [-0.2, 0) is 6.54 Å². The van der Waals surface area contributed by atoms with Gasteiger partial charge < -0.3 is 9.67 Å². The quantitative estimate of drug-likeness (QED) is 0.909. The molecule has 0 unspecified atom stereocenters. The first-order chi connectivity index (χ1) is 11.6. The lowest BCUT2D eigenvalue weighted by atomic mass is 9.72. The van der Waals surface area contributed by atoms with E-state index in [-0.39, 0.29) is 5.41 Å². The minimum absolute atomic E-state index is 0.109. The van der Waals surface area contributed by atoms with Crippen LogP contribution in [0.5, 0.6) is 0 Å². The monoisotopic (exact) mass is 327 g/mol. The van der Waals surface area contributed by atoms with Crippen LogP contribution in [-0.4, -0.2) is 38.2 Å². The first kappa shape index (κ1) is 16.1. The molecule has 4 nitrogen and oxygen atoms in total. The molecule has 130 valence electrons. The zero-order valence-electron chi connectivity index (χ0n) is 15.1. The lowest BCUT2D eigenvalue weighted by molar-refractivity contribution is 0.0705. The van der Waals surface area contributed by atoms with Gasteiger partial charge in [-0.1, -0.05) is 19.1 Å². The molecule has 2 fully saturated rings. The molecule has 0 saturated carbocycles. The fourth-order valence-electron chi connectivity index (χ4n) is 5.27. The summed E-state index contributed by atoms with van der Waals surface area (Å²) in [7, 11) is 0. The molecule has 4 rings (SSSR count). The Kier molecular flexibility index (Phi) is 3.92. The first-order valence-electron chi connectivity index (χ1n) is 9.42. The molecule has 3 atom stereocenters. The number of rotatable bonds is 5. The lowest BCUT2D eigenvalue weighted by Gasteiger charge is -2.35. The number of hydrogen-bond acceptors (Lipinski definition) is 3. The van der Waals surface area contributed by atoms with Crippen molar-refractivity contribution in [2.75, 3.05) is 6.61 Å². The number of aromatic nitrogens is 2. The maximum Gasteiger partial charge on any atom is 0.124 e. The summed E-state index contributed by atoms with van der Waals surface area (Å²) >= 11 is 0.